The van der Waals surface area contributed by atoms with Crippen molar-refractivity contribution in [2.24, 2.45) is 0 Å². The lowest BCUT2D eigenvalue weighted by molar-refractivity contribution is 0.153. The van der Waals surface area contributed by atoms with Crippen LogP contribution in [-0.2, 0) is 14.9 Å². The topological polar surface area (TPSA) is 67.4 Å². The van der Waals surface area contributed by atoms with Gasteiger partial charge in [0.25, 0.3) is 10.2 Å². The van der Waals surface area contributed by atoms with Gasteiger partial charge in [-0.05, 0) is 13.3 Å². The van der Waals surface area contributed by atoms with Gasteiger partial charge in [-0.2, -0.15) is 13.1 Å². The summed E-state index contributed by atoms with van der Waals surface area (Å²) >= 11 is 0. The van der Waals surface area contributed by atoms with E-state index in [1.54, 1.807) is 0 Å². The number of ether oxygens (including phenoxy) is 1. The first-order valence-electron chi connectivity index (χ1n) is 5.44. The minimum Gasteiger partial charge on any atom is -0.380 e. The van der Waals surface area contributed by atoms with Crippen LogP contribution in [0.5, 0.6) is 0 Å². The highest BCUT2D eigenvalue weighted by atomic mass is 32.2. The summed E-state index contributed by atoms with van der Waals surface area (Å²) in [6, 6.07) is 0. The van der Waals surface area contributed by atoms with E-state index in [4.69, 9.17) is 4.74 Å². The lowest BCUT2D eigenvalue weighted by Gasteiger charge is -2.07. The zero-order chi connectivity index (χ0) is 11.6. The summed E-state index contributed by atoms with van der Waals surface area (Å²) in [4.78, 5) is 0. The molecule has 0 spiro atoms. The number of nitrogens with one attached hydrogen (secondary N) is 2. The molecule has 0 aliphatic carbocycles. The highest BCUT2D eigenvalue weighted by molar-refractivity contribution is 7.87. The first kappa shape index (κ1) is 14.8. The largest absolute Gasteiger partial charge is 0.380 e. The van der Waals surface area contributed by atoms with Gasteiger partial charge in [0.2, 0.25) is 0 Å². The molecule has 0 aromatic heterocycles. The van der Waals surface area contributed by atoms with Crippen LogP contribution in [0.1, 0.15) is 33.1 Å². The Hall–Kier alpha value is -0.170. The molecule has 0 atom stereocenters. The maximum atomic E-state index is 11.3. The fourth-order valence-electron chi connectivity index (χ4n) is 1.03. The molecule has 15 heavy (non-hydrogen) atoms. The normalized spacial score (nSPS) is 11.9. The molecule has 0 radical (unpaired) electrons. The zero-order valence-electron chi connectivity index (χ0n) is 9.58. The highest BCUT2D eigenvalue weighted by Crippen LogP contribution is 1.91. The van der Waals surface area contributed by atoms with Gasteiger partial charge in [0.05, 0.1) is 6.61 Å². The van der Waals surface area contributed by atoms with Crippen LogP contribution in [0.15, 0.2) is 0 Å². The molecular formula is C9H22N2O3S. The molecule has 6 heteroatoms. The van der Waals surface area contributed by atoms with Crippen molar-refractivity contribution < 1.29 is 13.2 Å². The maximum Gasteiger partial charge on any atom is 0.276 e. The van der Waals surface area contributed by atoms with Crippen molar-refractivity contribution in [3.63, 3.8) is 0 Å². The Morgan fingerprint density at radius 2 is 1.73 bits per heavy atom. The summed E-state index contributed by atoms with van der Waals surface area (Å²) in [6.45, 7) is 5.78. The van der Waals surface area contributed by atoms with E-state index in [1.165, 1.54) is 0 Å². The average molecular weight is 238 g/mol. The van der Waals surface area contributed by atoms with Crippen molar-refractivity contribution in [1.82, 2.24) is 9.44 Å². The lowest BCUT2D eigenvalue weighted by atomic mass is 10.3. The Labute approximate surface area is 92.8 Å². The first-order valence-corrected chi connectivity index (χ1v) is 6.92. The van der Waals surface area contributed by atoms with Crippen LogP contribution in [0.2, 0.25) is 0 Å². The van der Waals surface area contributed by atoms with E-state index < -0.39 is 10.2 Å². The number of unbranched alkanes of at least 4 members (excludes halogenated alkanes) is 2. The fraction of sp³-hybridized carbons (Fsp3) is 1.00. The summed E-state index contributed by atoms with van der Waals surface area (Å²) in [7, 11) is -3.32. The van der Waals surface area contributed by atoms with Crippen LogP contribution in [0.3, 0.4) is 0 Å². The van der Waals surface area contributed by atoms with Gasteiger partial charge in [-0.1, -0.05) is 19.8 Å². The third-order valence-electron chi connectivity index (χ3n) is 1.82. The van der Waals surface area contributed by atoms with Crippen LogP contribution in [0.25, 0.3) is 0 Å². The second kappa shape index (κ2) is 9.08. The molecule has 5 nitrogen and oxygen atoms in total. The van der Waals surface area contributed by atoms with E-state index >= 15 is 0 Å². The van der Waals surface area contributed by atoms with Crippen LogP contribution in [0.4, 0.5) is 0 Å². The fourth-order valence-corrected chi connectivity index (χ4v) is 1.89. The second-order valence-corrected chi connectivity index (χ2v) is 4.78. The molecule has 0 bridgehead atoms. The Kier molecular flexibility index (Phi) is 8.98. The van der Waals surface area contributed by atoms with Crippen LogP contribution in [-0.4, -0.2) is 34.7 Å². The molecule has 0 amide bonds. The van der Waals surface area contributed by atoms with E-state index in [1.807, 2.05) is 6.92 Å². The smallest absolute Gasteiger partial charge is 0.276 e. The monoisotopic (exact) mass is 238 g/mol. The van der Waals surface area contributed by atoms with Crippen LogP contribution < -0.4 is 9.44 Å². The first-order chi connectivity index (χ1) is 7.12. The van der Waals surface area contributed by atoms with Gasteiger partial charge in [-0.15, -0.1) is 0 Å². The molecule has 0 heterocycles. The predicted octanol–water partition coefficient (Wildman–Crippen LogP) is 0.637. The molecule has 0 fully saturated rings. The van der Waals surface area contributed by atoms with E-state index in [9.17, 15) is 8.42 Å². The van der Waals surface area contributed by atoms with Gasteiger partial charge < -0.3 is 4.74 Å². The minimum atomic E-state index is -3.32. The highest BCUT2D eigenvalue weighted by Gasteiger charge is 2.06. The number of hydrogen-bond acceptors (Lipinski definition) is 3. The molecule has 92 valence electrons. The Bertz CT molecular complexity index is 212. The zero-order valence-corrected chi connectivity index (χ0v) is 10.4. The van der Waals surface area contributed by atoms with Crippen molar-refractivity contribution in [2.75, 3.05) is 26.3 Å². The summed E-state index contributed by atoms with van der Waals surface area (Å²) in [5.41, 5.74) is 0. The quantitative estimate of drug-likeness (QED) is 0.549. The molecule has 2 N–H and O–H groups in total. The molecule has 0 saturated heterocycles. The van der Waals surface area contributed by atoms with Gasteiger partial charge >= 0.3 is 0 Å². The van der Waals surface area contributed by atoms with E-state index in [0.717, 1.165) is 19.3 Å². The SMILES string of the molecule is CCCCCNS(=O)(=O)NCCOCC. The summed E-state index contributed by atoms with van der Waals surface area (Å²) < 4.78 is 32.5. The number of hydrogen-bond donors (Lipinski definition) is 2. The van der Waals surface area contributed by atoms with Gasteiger partial charge in [0, 0.05) is 19.7 Å². The molecule has 0 saturated carbocycles. The van der Waals surface area contributed by atoms with Crippen molar-refractivity contribution in [3.8, 4) is 0 Å². The third kappa shape index (κ3) is 10.1. The van der Waals surface area contributed by atoms with Crippen molar-refractivity contribution in [3.05, 3.63) is 0 Å². The van der Waals surface area contributed by atoms with E-state index in [-0.39, 0.29) is 0 Å². The predicted molar refractivity (Wildman–Crippen MR) is 60.9 cm³/mol. The molecule has 0 aliphatic heterocycles. The lowest BCUT2D eigenvalue weighted by Crippen LogP contribution is -2.38. The van der Waals surface area contributed by atoms with E-state index in [0.29, 0.717) is 26.3 Å². The van der Waals surface area contributed by atoms with Crippen LogP contribution >= 0.6 is 0 Å². The van der Waals surface area contributed by atoms with Crippen molar-refractivity contribution >= 4 is 10.2 Å². The molecule has 0 unspecified atom stereocenters. The molecular weight excluding hydrogens is 216 g/mol. The van der Waals surface area contributed by atoms with Crippen molar-refractivity contribution in [1.29, 1.82) is 0 Å². The Morgan fingerprint density at radius 3 is 2.33 bits per heavy atom. The third-order valence-corrected chi connectivity index (χ3v) is 2.98. The number of rotatable bonds is 10. The van der Waals surface area contributed by atoms with E-state index in [2.05, 4.69) is 16.4 Å². The van der Waals surface area contributed by atoms with Gasteiger partial charge in [0.15, 0.2) is 0 Å². The van der Waals surface area contributed by atoms with Gasteiger partial charge in [-0.3, -0.25) is 0 Å². The average Bonchev–Trinajstić information content (AvgIpc) is 2.20. The second-order valence-electron chi connectivity index (χ2n) is 3.20. The molecule has 0 aromatic rings. The summed E-state index contributed by atoms with van der Waals surface area (Å²) in [5.74, 6) is 0. The Balaban J connectivity index is 3.50. The van der Waals surface area contributed by atoms with Gasteiger partial charge in [0.1, 0.15) is 0 Å². The minimum absolute atomic E-state index is 0.316. The molecule has 0 aliphatic rings. The summed E-state index contributed by atoms with van der Waals surface area (Å²) in [6.07, 6.45) is 3.00. The molecule has 0 aromatic carbocycles. The standard InChI is InChI=1S/C9H22N2O3S/c1-3-5-6-7-10-15(12,13)11-8-9-14-4-2/h10-11H,3-9H2,1-2H3. The van der Waals surface area contributed by atoms with Crippen LogP contribution in [0, 0.1) is 0 Å². The Morgan fingerprint density at radius 1 is 1.07 bits per heavy atom. The molecule has 0 rings (SSSR count). The summed E-state index contributed by atoms with van der Waals surface area (Å²) in [5, 5.41) is 0. The maximum absolute atomic E-state index is 11.3. The van der Waals surface area contributed by atoms with Crippen molar-refractivity contribution in [2.45, 2.75) is 33.1 Å². The van der Waals surface area contributed by atoms with Gasteiger partial charge in [-0.25, -0.2) is 4.72 Å².